The minimum atomic E-state index is -0.640. The molecule has 6 heteroatoms. The zero-order chi connectivity index (χ0) is 15.9. The second kappa shape index (κ2) is 5.00. The largest absolute Gasteiger partial charge is 0.872 e. The number of fused-ring (bicyclic) bond motifs is 1. The molecular weight excluding hydrogens is 288 g/mol. The zero-order valence-corrected chi connectivity index (χ0v) is 11.5. The number of rotatable bonds is 2. The smallest absolute Gasteiger partial charge is 0.234 e. The van der Waals surface area contributed by atoms with Crippen molar-refractivity contribution < 1.29 is 24.5 Å². The third kappa shape index (κ3) is 2.10. The lowest BCUT2D eigenvalue weighted by atomic mass is 10.1. The van der Waals surface area contributed by atoms with E-state index in [4.69, 9.17) is 9.15 Å². The second-order valence-corrected chi connectivity index (χ2v) is 4.66. The first-order valence-electron chi connectivity index (χ1n) is 6.35. The molecular formula is C16H11O6-. The number of hydrogen-bond donors (Lipinski definition) is 2. The summed E-state index contributed by atoms with van der Waals surface area (Å²) in [4.78, 5) is 12.4. The molecule has 1 heterocycles. The third-order valence-corrected chi connectivity index (χ3v) is 3.24. The average molecular weight is 299 g/mol. The van der Waals surface area contributed by atoms with E-state index >= 15 is 0 Å². The van der Waals surface area contributed by atoms with Crippen molar-refractivity contribution in [1.82, 2.24) is 0 Å². The molecule has 3 aromatic rings. The number of phenolic OH excluding ortho intramolecular Hbond substituents is 2. The van der Waals surface area contributed by atoms with Crippen LogP contribution in [-0.4, -0.2) is 17.3 Å². The predicted octanol–water partition coefficient (Wildman–Crippen LogP) is 1.95. The van der Waals surface area contributed by atoms with Gasteiger partial charge in [0, 0.05) is 11.6 Å². The van der Waals surface area contributed by atoms with Gasteiger partial charge in [0.05, 0.1) is 12.5 Å². The fraction of sp³-hybridized carbons (Fsp3) is 0.0625. The summed E-state index contributed by atoms with van der Waals surface area (Å²) in [5.74, 6) is -0.863. The highest BCUT2D eigenvalue weighted by Gasteiger charge is 2.17. The highest BCUT2D eigenvalue weighted by Crippen LogP contribution is 2.34. The SMILES string of the molecule is COc1c(-c2ccc(O)cc2)oc2cc(O)cc([O-])c2c1=O. The van der Waals surface area contributed by atoms with E-state index in [-0.39, 0.29) is 34.0 Å². The van der Waals surface area contributed by atoms with Crippen LogP contribution in [0.4, 0.5) is 0 Å². The van der Waals surface area contributed by atoms with Gasteiger partial charge in [-0.1, -0.05) is 5.75 Å². The van der Waals surface area contributed by atoms with E-state index in [0.717, 1.165) is 6.07 Å². The van der Waals surface area contributed by atoms with Gasteiger partial charge in [0.1, 0.15) is 17.1 Å². The van der Waals surface area contributed by atoms with Crippen molar-refractivity contribution >= 4 is 11.0 Å². The number of methoxy groups -OCH3 is 1. The highest BCUT2D eigenvalue weighted by molar-refractivity contribution is 5.87. The van der Waals surface area contributed by atoms with E-state index in [1.807, 2.05) is 0 Å². The lowest BCUT2D eigenvalue weighted by molar-refractivity contribution is -0.266. The summed E-state index contributed by atoms with van der Waals surface area (Å²) >= 11 is 0. The maximum absolute atomic E-state index is 12.4. The quantitative estimate of drug-likeness (QED) is 0.749. The molecule has 112 valence electrons. The van der Waals surface area contributed by atoms with E-state index < -0.39 is 11.2 Å². The summed E-state index contributed by atoms with van der Waals surface area (Å²) in [6.07, 6.45) is 0. The summed E-state index contributed by atoms with van der Waals surface area (Å²) in [5, 5.41) is 30.5. The van der Waals surface area contributed by atoms with Crippen LogP contribution in [0.2, 0.25) is 0 Å². The van der Waals surface area contributed by atoms with Gasteiger partial charge in [-0.3, -0.25) is 4.79 Å². The molecule has 0 spiro atoms. The fourth-order valence-electron chi connectivity index (χ4n) is 2.24. The van der Waals surface area contributed by atoms with Gasteiger partial charge < -0.3 is 24.5 Å². The van der Waals surface area contributed by atoms with Crippen LogP contribution in [0.1, 0.15) is 0 Å². The Morgan fingerprint density at radius 3 is 2.41 bits per heavy atom. The molecule has 0 aliphatic heterocycles. The highest BCUT2D eigenvalue weighted by atomic mass is 16.5. The van der Waals surface area contributed by atoms with Crippen molar-refractivity contribution in [2.24, 2.45) is 0 Å². The van der Waals surface area contributed by atoms with Crippen LogP contribution in [0.15, 0.2) is 45.6 Å². The van der Waals surface area contributed by atoms with Crippen LogP contribution >= 0.6 is 0 Å². The fourth-order valence-corrected chi connectivity index (χ4v) is 2.24. The molecule has 0 aliphatic rings. The first-order valence-corrected chi connectivity index (χ1v) is 6.35. The summed E-state index contributed by atoms with van der Waals surface area (Å²) < 4.78 is 10.7. The number of phenols is 2. The topological polar surface area (TPSA) is 103 Å². The van der Waals surface area contributed by atoms with E-state index in [1.165, 1.54) is 25.3 Å². The monoisotopic (exact) mass is 299 g/mol. The van der Waals surface area contributed by atoms with Gasteiger partial charge >= 0.3 is 0 Å². The molecule has 3 rings (SSSR count). The number of hydrogen-bond acceptors (Lipinski definition) is 6. The van der Waals surface area contributed by atoms with Crippen molar-refractivity contribution in [3.63, 3.8) is 0 Å². The summed E-state index contributed by atoms with van der Waals surface area (Å²) in [7, 11) is 1.30. The van der Waals surface area contributed by atoms with Crippen molar-refractivity contribution in [3.05, 3.63) is 46.6 Å². The Hall–Kier alpha value is -3.15. The molecule has 2 aromatic carbocycles. The van der Waals surface area contributed by atoms with Crippen molar-refractivity contribution in [2.75, 3.05) is 7.11 Å². The van der Waals surface area contributed by atoms with Gasteiger partial charge in [-0.05, 0) is 30.3 Å². The molecule has 0 radical (unpaired) electrons. The maximum Gasteiger partial charge on any atom is 0.234 e. The molecule has 2 N–H and O–H groups in total. The first-order chi connectivity index (χ1) is 10.5. The minimum absolute atomic E-state index is 0.0288. The van der Waals surface area contributed by atoms with Crippen LogP contribution in [0.25, 0.3) is 22.3 Å². The van der Waals surface area contributed by atoms with Gasteiger partial charge in [0.15, 0.2) is 5.76 Å². The van der Waals surface area contributed by atoms with Crippen LogP contribution in [0.5, 0.6) is 23.0 Å². The Morgan fingerprint density at radius 2 is 1.77 bits per heavy atom. The van der Waals surface area contributed by atoms with Crippen LogP contribution in [0, 0.1) is 0 Å². The van der Waals surface area contributed by atoms with E-state index in [9.17, 15) is 20.1 Å². The van der Waals surface area contributed by atoms with Gasteiger partial charge in [0.2, 0.25) is 11.2 Å². The molecule has 0 fully saturated rings. The molecule has 0 saturated carbocycles. The molecule has 22 heavy (non-hydrogen) atoms. The predicted molar refractivity (Wildman–Crippen MR) is 77.2 cm³/mol. The van der Waals surface area contributed by atoms with E-state index in [0.29, 0.717) is 5.56 Å². The summed E-state index contributed by atoms with van der Waals surface area (Å²) in [6.45, 7) is 0. The van der Waals surface area contributed by atoms with Crippen molar-refractivity contribution in [3.8, 4) is 34.3 Å². The zero-order valence-electron chi connectivity index (χ0n) is 11.5. The normalized spacial score (nSPS) is 10.8. The lowest BCUT2D eigenvalue weighted by Crippen LogP contribution is -2.10. The van der Waals surface area contributed by atoms with E-state index in [2.05, 4.69) is 0 Å². The second-order valence-electron chi connectivity index (χ2n) is 4.66. The van der Waals surface area contributed by atoms with Crippen molar-refractivity contribution in [1.29, 1.82) is 0 Å². The average Bonchev–Trinajstić information content (AvgIpc) is 2.47. The Bertz CT molecular complexity index is 909. The third-order valence-electron chi connectivity index (χ3n) is 3.24. The van der Waals surface area contributed by atoms with Gasteiger partial charge in [-0.2, -0.15) is 0 Å². The van der Waals surface area contributed by atoms with Crippen LogP contribution in [0.3, 0.4) is 0 Å². The molecule has 6 nitrogen and oxygen atoms in total. The molecule has 0 saturated heterocycles. The first kappa shape index (κ1) is 13.8. The van der Waals surface area contributed by atoms with Gasteiger partial charge in [-0.25, -0.2) is 0 Å². The van der Waals surface area contributed by atoms with E-state index in [1.54, 1.807) is 12.1 Å². The maximum atomic E-state index is 12.4. The van der Waals surface area contributed by atoms with Crippen LogP contribution < -0.4 is 15.3 Å². The van der Waals surface area contributed by atoms with Gasteiger partial charge in [-0.15, -0.1) is 0 Å². The Kier molecular flexibility index (Phi) is 3.14. The Labute approximate surface area is 124 Å². The van der Waals surface area contributed by atoms with Crippen molar-refractivity contribution in [2.45, 2.75) is 0 Å². The number of benzene rings is 2. The molecule has 0 amide bonds. The molecule has 0 unspecified atom stereocenters. The Balaban J connectivity index is 2.40. The van der Waals surface area contributed by atoms with Gasteiger partial charge in [0.25, 0.3) is 0 Å². The molecule has 0 bridgehead atoms. The lowest BCUT2D eigenvalue weighted by Gasteiger charge is -2.13. The minimum Gasteiger partial charge on any atom is -0.872 e. The summed E-state index contributed by atoms with van der Waals surface area (Å²) in [6, 6.07) is 8.09. The standard InChI is InChI=1S/C16H12O6/c1-21-16-14(20)13-11(19)6-10(18)7-12(13)22-15(16)8-2-4-9(17)5-3-8/h2-7,17-19H,1H3/p-1. The molecule has 0 aliphatic carbocycles. The summed E-state index contributed by atoms with van der Waals surface area (Å²) in [5.41, 5.74) is -0.153. The molecule has 0 atom stereocenters. The molecule has 1 aromatic heterocycles. The number of aromatic hydroxyl groups is 2. The Morgan fingerprint density at radius 1 is 1.09 bits per heavy atom. The number of ether oxygens (including phenoxy) is 1. The van der Waals surface area contributed by atoms with Crippen LogP contribution in [-0.2, 0) is 0 Å².